The fraction of sp³-hybridized carbons (Fsp3) is 0.211. The van der Waals surface area contributed by atoms with Crippen LogP contribution in [0.1, 0.15) is 18.7 Å². The molecule has 1 unspecified atom stereocenters. The Labute approximate surface area is 182 Å². The molecule has 3 aromatic rings. The third kappa shape index (κ3) is 3.45. The minimum Gasteiger partial charge on any atom is -0.378 e. The number of anilines is 2. The normalized spacial score (nSPS) is 15.6. The highest BCUT2D eigenvalue weighted by molar-refractivity contribution is 6.45. The van der Waals surface area contributed by atoms with E-state index in [-0.39, 0.29) is 39.0 Å². The second kappa shape index (κ2) is 7.31. The second-order valence-electron chi connectivity index (χ2n) is 6.87. The molecule has 7 nitrogen and oxygen atoms in total. The van der Waals surface area contributed by atoms with Gasteiger partial charge in [0.1, 0.15) is 6.17 Å². The first-order chi connectivity index (χ1) is 14.5. The smallest absolute Gasteiger partial charge is 0.378 e. The average Bonchev–Trinajstić information content (AvgIpc) is 2.69. The third-order valence-corrected chi connectivity index (χ3v) is 5.73. The maximum absolute atomic E-state index is 13.2. The highest BCUT2D eigenvalue weighted by atomic mass is 35.5. The molecular formula is C19H13Cl2F3N4O3. The standard InChI is InChI=1S/C19H13Cl2F3N4O3/c1-8(29)27(10-4-2-3-9(5-10)19(22,23)24)13-7-25-15-14(21)11(20)6-12-16(15)28(13)18(31)17(30)26-12/h2-6,13,25H,7H2,1H3,(H,26,30). The van der Waals surface area contributed by atoms with Crippen LogP contribution in [-0.4, -0.2) is 22.0 Å². The van der Waals surface area contributed by atoms with Crippen LogP contribution in [0.4, 0.5) is 24.5 Å². The molecule has 0 bridgehead atoms. The quantitative estimate of drug-likeness (QED) is 0.552. The van der Waals surface area contributed by atoms with Gasteiger partial charge in [-0.1, -0.05) is 29.3 Å². The predicted octanol–water partition coefficient (Wildman–Crippen LogP) is 3.99. The summed E-state index contributed by atoms with van der Waals surface area (Å²) >= 11 is 12.3. The summed E-state index contributed by atoms with van der Waals surface area (Å²) in [5.74, 6) is -0.630. The highest BCUT2D eigenvalue weighted by Gasteiger charge is 2.35. The predicted molar refractivity (Wildman–Crippen MR) is 111 cm³/mol. The van der Waals surface area contributed by atoms with Crippen molar-refractivity contribution >= 4 is 51.5 Å². The molecule has 0 radical (unpaired) electrons. The molecule has 1 aliphatic rings. The Kier molecular flexibility index (Phi) is 5.01. The van der Waals surface area contributed by atoms with Crippen LogP contribution in [0.15, 0.2) is 39.9 Å². The molecule has 2 N–H and O–H groups in total. The Morgan fingerprint density at radius 2 is 1.94 bits per heavy atom. The molecule has 0 saturated heterocycles. The molecule has 0 spiro atoms. The summed E-state index contributed by atoms with van der Waals surface area (Å²) < 4.78 is 40.7. The van der Waals surface area contributed by atoms with Crippen LogP contribution in [0.5, 0.6) is 0 Å². The number of amides is 1. The topological polar surface area (TPSA) is 87.2 Å². The lowest BCUT2D eigenvalue weighted by molar-refractivity contribution is -0.137. The summed E-state index contributed by atoms with van der Waals surface area (Å²) in [4.78, 5) is 41.0. The van der Waals surface area contributed by atoms with E-state index in [1.807, 2.05) is 0 Å². The van der Waals surface area contributed by atoms with Crippen LogP contribution in [0, 0.1) is 0 Å². The van der Waals surface area contributed by atoms with Crippen molar-refractivity contribution in [1.29, 1.82) is 0 Å². The van der Waals surface area contributed by atoms with Crippen molar-refractivity contribution in [2.45, 2.75) is 19.3 Å². The number of aromatic amines is 1. The van der Waals surface area contributed by atoms with Crippen molar-refractivity contribution < 1.29 is 18.0 Å². The van der Waals surface area contributed by atoms with E-state index < -0.39 is 34.9 Å². The summed E-state index contributed by atoms with van der Waals surface area (Å²) in [5, 5.41) is 3.19. The van der Waals surface area contributed by atoms with Gasteiger partial charge in [-0.05, 0) is 24.3 Å². The van der Waals surface area contributed by atoms with Crippen molar-refractivity contribution in [3.05, 3.63) is 66.6 Å². The van der Waals surface area contributed by atoms with E-state index in [0.29, 0.717) is 0 Å². The number of alkyl halides is 3. The molecule has 31 heavy (non-hydrogen) atoms. The van der Waals surface area contributed by atoms with Crippen molar-refractivity contribution in [3.8, 4) is 0 Å². The Morgan fingerprint density at radius 1 is 1.23 bits per heavy atom. The van der Waals surface area contributed by atoms with E-state index in [2.05, 4.69) is 10.3 Å². The third-order valence-electron chi connectivity index (χ3n) is 4.94. The average molecular weight is 473 g/mol. The molecule has 12 heteroatoms. The van der Waals surface area contributed by atoms with E-state index in [1.54, 1.807) is 0 Å². The fourth-order valence-corrected chi connectivity index (χ4v) is 4.10. The summed E-state index contributed by atoms with van der Waals surface area (Å²) in [6, 6.07) is 5.50. The number of halogens is 5. The SMILES string of the molecule is CC(=O)N(c1cccc(C(F)(F)F)c1)C1CNc2c(Cl)c(Cl)cc3[nH]c(=O)c(=O)n1c23. The Bertz CT molecular complexity index is 1350. The van der Waals surface area contributed by atoms with Crippen LogP contribution in [0.2, 0.25) is 10.0 Å². The zero-order chi connectivity index (χ0) is 22.7. The van der Waals surface area contributed by atoms with Gasteiger partial charge in [0.2, 0.25) is 5.91 Å². The molecule has 2 aromatic carbocycles. The van der Waals surface area contributed by atoms with Gasteiger partial charge in [0.15, 0.2) is 0 Å². The summed E-state index contributed by atoms with van der Waals surface area (Å²) in [6.45, 7) is 1.04. The van der Waals surface area contributed by atoms with Crippen molar-refractivity contribution in [3.63, 3.8) is 0 Å². The minimum absolute atomic E-state index is 0.0852. The largest absolute Gasteiger partial charge is 0.416 e. The van der Waals surface area contributed by atoms with Crippen LogP contribution in [-0.2, 0) is 11.0 Å². The molecule has 1 atom stereocenters. The number of carbonyl (C=O) groups excluding carboxylic acids is 1. The van der Waals surface area contributed by atoms with E-state index in [0.717, 1.165) is 34.6 Å². The molecular weight excluding hydrogens is 460 g/mol. The number of nitrogens with one attached hydrogen (secondary N) is 2. The number of hydrogen-bond donors (Lipinski definition) is 2. The maximum atomic E-state index is 13.2. The number of carbonyl (C=O) groups is 1. The van der Waals surface area contributed by atoms with Crippen molar-refractivity contribution in [2.24, 2.45) is 0 Å². The molecule has 0 aliphatic carbocycles. The van der Waals surface area contributed by atoms with Gasteiger partial charge in [-0.15, -0.1) is 0 Å². The summed E-state index contributed by atoms with van der Waals surface area (Å²) in [7, 11) is 0. The number of hydrogen-bond acceptors (Lipinski definition) is 4. The molecule has 4 rings (SSSR count). The number of benzene rings is 2. The van der Waals surface area contributed by atoms with Gasteiger partial charge in [-0.2, -0.15) is 13.2 Å². The van der Waals surface area contributed by atoms with E-state index in [9.17, 15) is 27.6 Å². The first-order valence-electron chi connectivity index (χ1n) is 8.88. The minimum atomic E-state index is -4.63. The lowest BCUT2D eigenvalue weighted by Crippen LogP contribution is -2.50. The first kappa shape index (κ1) is 21.3. The van der Waals surface area contributed by atoms with E-state index in [4.69, 9.17) is 23.2 Å². The molecule has 1 amide bonds. The number of H-pyrrole nitrogens is 1. The lowest BCUT2D eigenvalue weighted by atomic mass is 10.1. The van der Waals surface area contributed by atoms with Gasteiger partial charge in [0.05, 0.1) is 38.9 Å². The Balaban J connectivity index is 2.00. The molecule has 162 valence electrons. The zero-order valence-corrected chi connectivity index (χ0v) is 17.2. The molecule has 2 heterocycles. The molecule has 1 aromatic heterocycles. The Hall–Kier alpha value is -2.98. The van der Waals surface area contributed by atoms with Gasteiger partial charge in [0.25, 0.3) is 0 Å². The van der Waals surface area contributed by atoms with Gasteiger partial charge in [-0.3, -0.25) is 23.9 Å². The molecule has 0 fully saturated rings. The van der Waals surface area contributed by atoms with Crippen LogP contribution < -0.4 is 21.3 Å². The van der Waals surface area contributed by atoms with Crippen LogP contribution in [0.3, 0.4) is 0 Å². The fourth-order valence-electron chi connectivity index (χ4n) is 3.68. The van der Waals surface area contributed by atoms with Crippen molar-refractivity contribution in [2.75, 3.05) is 16.8 Å². The van der Waals surface area contributed by atoms with Gasteiger partial charge < -0.3 is 10.3 Å². The maximum Gasteiger partial charge on any atom is 0.416 e. The van der Waals surface area contributed by atoms with Gasteiger partial charge >= 0.3 is 17.3 Å². The number of nitrogens with zero attached hydrogens (tertiary/aromatic N) is 2. The van der Waals surface area contributed by atoms with Crippen molar-refractivity contribution in [1.82, 2.24) is 9.55 Å². The number of aromatic nitrogens is 2. The monoisotopic (exact) mass is 472 g/mol. The zero-order valence-electron chi connectivity index (χ0n) is 15.7. The van der Waals surface area contributed by atoms with Crippen LogP contribution >= 0.6 is 23.2 Å². The lowest BCUT2D eigenvalue weighted by Gasteiger charge is -2.37. The Morgan fingerprint density at radius 3 is 2.58 bits per heavy atom. The molecule has 1 aliphatic heterocycles. The van der Waals surface area contributed by atoms with E-state index >= 15 is 0 Å². The second-order valence-corrected chi connectivity index (χ2v) is 7.66. The van der Waals surface area contributed by atoms with E-state index in [1.165, 1.54) is 12.1 Å². The number of rotatable bonds is 2. The van der Waals surface area contributed by atoms with Crippen LogP contribution in [0.25, 0.3) is 11.0 Å². The van der Waals surface area contributed by atoms with Gasteiger partial charge in [-0.25, -0.2) is 0 Å². The summed E-state index contributed by atoms with van der Waals surface area (Å²) in [6.07, 6.45) is -5.77. The first-order valence-corrected chi connectivity index (χ1v) is 9.63. The highest BCUT2D eigenvalue weighted by Crippen LogP contribution is 2.40. The molecule has 0 saturated carbocycles. The van der Waals surface area contributed by atoms with Gasteiger partial charge in [0, 0.05) is 12.6 Å². The summed E-state index contributed by atoms with van der Waals surface area (Å²) in [5.41, 5.74) is -2.39.